The Labute approximate surface area is 265 Å². The van der Waals surface area contributed by atoms with Gasteiger partial charge in [-0.15, -0.1) is 0 Å². The third kappa shape index (κ3) is 3.30. The predicted octanol–water partition coefficient (Wildman–Crippen LogP) is 9.57. The summed E-state index contributed by atoms with van der Waals surface area (Å²) >= 11 is 0. The monoisotopic (exact) mass is 606 g/mol. The molecule has 10 rings (SSSR count). The summed E-state index contributed by atoms with van der Waals surface area (Å²) in [6, 6.07) is 56.9. The van der Waals surface area contributed by atoms with E-state index in [0.717, 1.165) is 38.0 Å². The Hall–Kier alpha value is -5.63. The number of nitrogens with zero attached hydrogens (tertiary/aromatic N) is 2. The average molecular weight is 607 g/mol. The van der Waals surface area contributed by atoms with Crippen molar-refractivity contribution in [1.29, 1.82) is 0 Å². The molecule has 0 saturated heterocycles. The fourth-order valence-corrected chi connectivity index (χ4v) is 10.4. The fraction of sp³-hybridized carbons (Fsp3) is 0. The summed E-state index contributed by atoms with van der Waals surface area (Å²) in [6.45, 7) is 0. The molecular formula is C42H27N2OP. The van der Waals surface area contributed by atoms with E-state index in [1.54, 1.807) is 0 Å². The molecule has 0 N–H and O–H groups in total. The molecule has 0 saturated carbocycles. The van der Waals surface area contributed by atoms with Crippen LogP contribution in [0.5, 0.6) is 0 Å². The summed E-state index contributed by atoms with van der Waals surface area (Å²) < 4.78 is 20.3. The fourth-order valence-electron chi connectivity index (χ4n) is 7.77. The van der Waals surface area contributed by atoms with Gasteiger partial charge in [0.2, 0.25) is 0 Å². The lowest BCUT2D eigenvalue weighted by Crippen LogP contribution is -2.25. The normalized spacial score (nSPS) is 12.4. The van der Waals surface area contributed by atoms with E-state index in [1.165, 1.54) is 43.5 Å². The standard InChI is InChI=1S/C42H27N2OP/c45-46(28-13-3-1-4-14-28,29-15-5-2-6-16-29)30-23-24-33-31-17-7-10-20-36(31)43(40(33)27-30)39-26-25-34-32-18-8-11-21-37(32)44-38-22-12-9-19-35(38)41(39)42(34)44/h1-27H. The lowest BCUT2D eigenvalue weighted by atomic mass is 10.1. The summed E-state index contributed by atoms with van der Waals surface area (Å²) in [5.41, 5.74) is 6.97. The van der Waals surface area contributed by atoms with Crippen molar-refractivity contribution in [2.24, 2.45) is 0 Å². The van der Waals surface area contributed by atoms with E-state index < -0.39 is 7.14 Å². The van der Waals surface area contributed by atoms with Crippen LogP contribution < -0.4 is 15.9 Å². The molecule has 216 valence electrons. The van der Waals surface area contributed by atoms with Crippen molar-refractivity contribution >= 4 is 83.0 Å². The molecule has 3 aromatic heterocycles. The van der Waals surface area contributed by atoms with Crippen molar-refractivity contribution in [3.63, 3.8) is 0 Å². The average Bonchev–Trinajstić information content (AvgIpc) is 3.77. The van der Waals surface area contributed by atoms with E-state index in [9.17, 15) is 0 Å². The lowest BCUT2D eigenvalue weighted by molar-refractivity contribution is 0.592. The highest BCUT2D eigenvalue weighted by atomic mass is 31.2. The Morgan fingerprint density at radius 3 is 1.57 bits per heavy atom. The maximum Gasteiger partial charge on any atom is 0.171 e. The highest BCUT2D eigenvalue weighted by Crippen LogP contribution is 2.46. The number of aromatic nitrogens is 2. The minimum atomic E-state index is -3.17. The van der Waals surface area contributed by atoms with E-state index in [0.29, 0.717) is 0 Å². The Morgan fingerprint density at radius 1 is 0.391 bits per heavy atom. The first-order valence-corrected chi connectivity index (χ1v) is 17.4. The molecule has 0 amide bonds. The SMILES string of the molecule is O=P(c1ccccc1)(c1ccccc1)c1ccc2c3ccccc3n(-c3ccc4c5ccccc5n5c6ccccc6c3c45)c2c1. The van der Waals surface area contributed by atoms with Crippen LogP contribution >= 0.6 is 7.14 Å². The van der Waals surface area contributed by atoms with Crippen LogP contribution in [0.2, 0.25) is 0 Å². The molecular weight excluding hydrogens is 579 g/mol. The second-order valence-electron chi connectivity index (χ2n) is 12.1. The minimum absolute atomic E-state index is 0.827. The van der Waals surface area contributed by atoms with Gasteiger partial charge in [0.15, 0.2) is 7.14 Å². The number of hydrogen-bond acceptors (Lipinski definition) is 1. The van der Waals surface area contributed by atoms with Crippen molar-refractivity contribution in [3.8, 4) is 5.69 Å². The molecule has 0 unspecified atom stereocenters. The van der Waals surface area contributed by atoms with Gasteiger partial charge in [-0.2, -0.15) is 0 Å². The molecule has 0 bridgehead atoms. The third-order valence-corrected chi connectivity index (χ3v) is 12.8. The molecule has 0 aliphatic heterocycles. The second-order valence-corrected chi connectivity index (χ2v) is 14.8. The van der Waals surface area contributed by atoms with Crippen LogP contribution in [0.3, 0.4) is 0 Å². The summed E-state index contributed by atoms with van der Waals surface area (Å²) in [6.07, 6.45) is 0. The van der Waals surface area contributed by atoms with E-state index in [4.69, 9.17) is 0 Å². The van der Waals surface area contributed by atoms with Gasteiger partial charge in [0.1, 0.15) is 0 Å². The van der Waals surface area contributed by atoms with Crippen LogP contribution in [0.1, 0.15) is 0 Å². The quantitative estimate of drug-likeness (QED) is 0.183. The van der Waals surface area contributed by atoms with Gasteiger partial charge in [-0.25, -0.2) is 0 Å². The van der Waals surface area contributed by atoms with E-state index in [2.05, 4.69) is 112 Å². The van der Waals surface area contributed by atoms with Crippen molar-refractivity contribution in [1.82, 2.24) is 8.97 Å². The van der Waals surface area contributed by atoms with Gasteiger partial charge in [-0.1, -0.05) is 133 Å². The van der Waals surface area contributed by atoms with Gasteiger partial charge in [-0.05, 0) is 30.3 Å². The summed E-state index contributed by atoms with van der Waals surface area (Å²) in [7, 11) is -3.17. The van der Waals surface area contributed by atoms with Gasteiger partial charge in [-0.3, -0.25) is 0 Å². The lowest BCUT2D eigenvalue weighted by Gasteiger charge is -2.20. The summed E-state index contributed by atoms with van der Waals surface area (Å²) in [5.74, 6) is 0. The zero-order valence-electron chi connectivity index (χ0n) is 24.8. The Morgan fingerprint density at radius 2 is 0.891 bits per heavy atom. The molecule has 10 aromatic rings. The van der Waals surface area contributed by atoms with Gasteiger partial charge in [0.05, 0.1) is 33.3 Å². The maximum absolute atomic E-state index is 15.5. The molecule has 0 aliphatic rings. The van der Waals surface area contributed by atoms with Crippen LogP contribution in [0.4, 0.5) is 0 Å². The topological polar surface area (TPSA) is 26.4 Å². The molecule has 0 radical (unpaired) electrons. The van der Waals surface area contributed by atoms with Crippen molar-refractivity contribution in [2.75, 3.05) is 0 Å². The highest BCUT2D eigenvalue weighted by molar-refractivity contribution is 7.85. The number of benzene rings is 7. The number of para-hydroxylation sites is 3. The maximum atomic E-state index is 15.5. The predicted molar refractivity (Wildman–Crippen MR) is 195 cm³/mol. The first-order chi connectivity index (χ1) is 22.7. The number of fused-ring (bicyclic) bond motifs is 9. The van der Waals surface area contributed by atoms with Gasteiger partial charge >= 0.3 is 0 Å². The highest BCUT2D eigenvalue weighted by Gasteiger charge is 2.31. The van der Waals surface area contributed by atoms with E-state index in [-0.39, 0.29) is 0 Å². The van der Waals surface area contributed by atoms with Crippen LogP contribution in [-0.2, 0) is 4.57 Å². The largest absolute Gasteiger partial charge is 0.309 e. The first-order valence-electron chi connectivity index (χ1n) is 15.6. The van der Waals surface area contributed by atoms with Crippen LogP contribution in [-0.4, -0.2) is 8.97 Å². The minimum Gasteiger partial charge on any atom is -0.309 e. The smallest absolute Gasteiger partial charge is 0.171 e. The molecule has 0 fully saturated rings. The van der Waals surface area contributed by atoms with Gasteiger partial charge in [0, 0.05) is 48.2 Å². The third-order valence-electron chi connectivity index (χ3n) is 9.73. The summed E-state index contributed by atoms with van der Waals surface area (Å²) in [4.78, 5) is 0. The number of rotatable bonds is 4. The van der Waals surface area contributed by atoms with Crippen molar-refractivity contribution in [2.45, 2.75) is 0 Å². The van der Waals surface area contributed by atoms with Crippen LogP contribution in [0, 0.1) is 0 Å². The second kappa shape index (κ2) is 9.44. The summed E-state index contributed by atoms with van der Waals surface area (Å²) in [5, 5.41) is 9.79. The molecule has 3 heterocycles. The molecule has 4 heteroatoms. The van der Waals surface area contributed by atoms with Gasteiger partial charge < -0.3 is 13.5 Å². The molecule has 0 aliphatic carbocycles. The first kappa shape index (κ1) is 25.7. The molecule has 46 heavy (non-hydrogen) atoms. The van der Waals surface area contributed by atoms with E-state index in [1.807, 2.05) is 60.7 Å². The zero-order valence-corrected chi connectivity index (χ0v) is 25.7. The van der Waals surface area contributed by atoms with Crippen molar-refractivity contribution < 1.29 is 4.57 Å². The molecule has 7 aromatic carbocycles. The van der Waals surface area contributed by atoms with Gasteiger partial charge in [0.25, 0.3) is 0 Å². The van der Waals surface area contributed by atoms with Crippen LogP contribution in [0.25, 0.3) is 65.6 Å². The number of hydrogen-bond donors (Lipinski definition) is 0. The van der Waals surface area contributed by atoms with Crippen LogP contribution in [0.15, 0.2) is 164 Å². The Balaban J connectivity index is 1.36. The molecule has 3 nitrogen and oxygen atoms in total. The zero-order chi connectivity index (χ0) is 30.4. The van der Waals surface area contributed by atoms with E-state index >= 15 is 4.57 Å². The molecule has 0 spiro atoms. The van der Waals surface area contributed by atoms with Crippen molar-refractivity contribution in [3.05, 3.63) is 164 Å². The Bertz CT molecular complexity index is 2780. The molecule has 0 atom stereocenters. The Kier molecular flexibility index (Phi) is 5.27.